The van der Waals surface area contributed by atoms with E-state index < -0.39 is 0 Å². The van der Waals surface area contributed by atoms with Crippen LogP contribution in [0.3, 0.4) is 0 Å². The molecule has 3 heterocycles. The van der Waals surface area contributed by atoms with Crippen molar-refractivity contribution in [2.45, 2.75) is 38.8 Å². The van der Waals surface area contributed by atoms with E-state index in [1.54, 1.807) is 0 Å². The monoisotopic (exact) mass is 324 g/mol. The van der Waals surface area contributed by atoms with E-state index in [9.17, 15) is 0 Å². The summed E-state index contributed by atoms with van der Waals surface area (Å²) < 4.78 is 10.9. The second-order valence-electron chi connectivity index (χ2n) is 6.27. The lowest BCUT2D eigenvalue weighted by Crippen LogP contribution is -2.22. The van der Waals surface area contributed by atoms with E-state index in [0.29, 0.717) is 18.9 Å². The predicted molar refractivity (Wildman–Crippen MR) is 87.2 cm³/mol. The second kappa shape index (κ2) is 6.57. The lowest BCUT2D eigenvalue weighted by atomic mass is 10.1. The first kappa shape index (κ1) is 15.1. The van der Waals surface area contributed by atoms with Crippen molar-refractivity contribution >= 4 is 0 Å². The molecule has 1 aromatic carbocycles. The summed E-state index contributed by atoms with van der Waals surface area (Å²) in [4.78, 5) is 6.86. The molecule has 0 amide bonds. The molecule has 124 valence electrons. The first-order valence-electron chi connectivity index (χ1n) is 8.30. The fourth-order valence-corrected chi connectivity index (χ4v) is 3.26. The SMILES string of the molecule is Cc1cc(C2CCCN2Cc2nc(Cc3ccccc3)no2)on1. The molecule has 6 nitrogen and oxygen atoms in total. The van der Waals surface area contributed by atoms with E-state index in [1.807, 2.05) is 31.2 Å². The van der Waals surface area contributed by atoms with Crippen LogP contribution in [0.5, 0.6) is 0 Å². The number of likely N-dealkylation sites (tertiary alicyclic amines) is 1. The molecule has 0 aliphatic carbocycles. The lowest BCUT2D eigenvalue weighted by molar-refractivity contribution is 0.183. The number of nitrogens with zero attached hydrogens (tertiary/aromatic N) is 4. The summed E-state index contributed by atoms with van der Waals surface area (Å²) in [6.45, 7) is 3.59. The van der Waals surface area contributed by atoms with Crippen LogP contribution in [0.2, 0.25) is 0 Å². The Morgan fingerprint density at radius 1 is 1.17 bits per heavy atom. The van der Waals surface area contributed by atoms with Gasteiger partial charge in [-0.05, 0) is 31.9 Å². The van der Waals surface area contributed by atoms with Gasteiger partial charge in [-0.2, -0.15) is 4.98 Å². The van der Waals surface area contributed by atoms with E-state index >= 15 is 0 Å². The molecule has 1 saturated heterocycles. The first-order chi connectivity index (χ1) is 11.8. The van der Waals surface area contributed by atoms with Gasteiger partial charge in [-0.3, -0.25) is 4.90 Å². The molecule has 0 spiro atoms. The Balaban J connectivity index is 1.43. The highest BCUT2D eigenvalue weighted by Gasteiger charge is 2.30. The largest absolute Gasteiger partial charge is 0.359 e. The van der Waals surface area contributed by atoms with E-state index in [1.165, 1.54) is 5.56 Å². The summed E-state index contributed by atoms with van der Waals surface area (Å²) in [5.41, 5.74) is 2.10. The van der Waals surface area contributed by atoms with Crippen molar-refractivity contribution in [1.29, 1.82) is 0 Å². The fraction of sp³-hybridized carbons (Fsp3) is 0.389. The van der Waals surface area contributed by atoms with Gasteiger partial charge in [0.2, 0.25) is 5.89 Å². The summed E-state index contributed by atoms with van der Waals surface area (Å²) in [7, 11) is 0. The zero-order valence-electron chi connectivity index (χ0n) is 13.7. The standard InChI is InChI=1S/C18H20N4O2/c1-13-10-16(23-20-13)15-8-5-9-22(15)12-18-19-17(21-24-18)11-14-6-3-2-4-7-14/h2-4,6-7,10,15H,5,8-9,11-12H2,1H3. The third kappa shape index (κ3) is 3.23. The van der Waals surface area contributed by atoms with Crippen molar-refractivity contribution in [1.82, 2.24) is 20.2 Å². The Morgan fingerprint density at radius 3 is 2.83 bits per heavy atom. The fourth-order valence-electron chi connectivity index (χ4n) is 3.26. The number of hydrogen-bond acceptors (Lipinski definition) is 6. The first-order valence-corrected chi connectivity index (χ1v) is 8.30. The molecule has 2 aromatic heterocycles. The van der Waals surface area contributed by atoms with Gasteiger partial charge in [-0.1, -0.05) is 40.6 Å². The van der Waals surface area contributed by atoms with Gasteiger partial charge >= 0.3 is 0 Å². The van der Waals surface area contributed by atoms with Crippen molar-refractivity contribution in [3.8, 4) is 0 Å². The highest BCUT2D eigenvalue weighted by molar-refractivity contribution is 5.18. The number of hydrogen-bond donors (Lipinski definition) is 0. The highest BCUT2D eigenvalue weighted by Crippen LogP contribution is 2.33. The van der Waals surface area contributed by atoms with Crippen LogP contribution >= 0.6 is 0 Å². The predicted octanol–water partition coefficient (Wildman–Crippen LogP) is 3.29. The number of aryl methyl sites for hydroxylation is 1. The van der Waals surface area contributed by atoms with E-state index in [2.05, 4.69) is 32.3 Å². The Labute approximate surface area is 140 Å². The van der Waals surface area contributed by atoms with E-state index in [-0.39, 0.29) is 6.04 Å². The quantitative estimate of drug-likeness (QED) is 0.717. The van der Waals surface area contributed by atoms with Crippen LogP contribution < -0.4 is 0 Å². The minimum atomic E-state index is 0.246. The van der Waals surface area contributed by atoms with Gasteiger partial charge in [0.1, 0.15) is 0 Å². The van der Waals surface area contributed by atoms with Crippen molar-refractivity contribution < 1.29 is 9.05 Å². The molecule has 0 N–H and O–H groups in total. The van der Waals surface area contributed by atoms with E-state index in [0.717, 1.165) is 36.7 Å². The van der Waals surface area contributed by atoms with Crippen molar-refractivity contribution in [3.63, 3.8) is 0 Å². The van der Waals surface area contributed by atoms with Crippen molar-refractivity contribution in [2.24, 2.45) is 0 Å². The third-order valence-electron chi connectivity index (χ3n) is 4.39. The van der Waals surface area contributed by atoms with Crippen LogP contribution in [0.4, 0.5) is 0 Å². The van der Waals surface area contributed by atoms with Crippen LogP contribution in [-0.4, -0.2) is 26.7 Å². The maximum atomic E-state index is 5.44. The van der Waals surface area contributed by atoms with Crippen LogP contribution in [0.1, 0.15) is 47.6 Å². The average Bonchev–Trinajstić information content (AvgIpc) is 3.31. The molecule has 6 heteroatoms. The summed E-state index contributed by atoms with van der Waals surface area (Å²) >= 11 is 0. The van der Waals surface area contributed by atoms with E-state index in [4.69, 9.17) is 9.05 Å². The molecule has 1 atom stereocenters. The molecule has 1 fully saturated rings. The van der Waals surface area contributed by atoms with Crippen molar-refractivity contribution in [2.75, 3.05) is 6.54 Å². The van der Waals surface area contributed by atoms with Gasteiger partial charge in [-0.25, -0.2) is 0 Å². The number of aromatic nitrogens is 3. The molecule has 3 aromatic rings. The summed E-state index contributed by atoms with van der Waals surface area (Å²) in [5, 5.41) is 8.11. The maximum absolute atomic E-state index is 5.44. The van der Waals surface area contributed by atoms with Crippen LogP contribution in [0.25, 0.3) is 0 Å². The van der Waals surface area contributed by atoms with Crippen LogP contribution in [-0.2, 0) is 13.0 Å². The molecule has 0 saturated carbocycles. The van der Waals surface area contributed by atoms with Gasteiger partial charge in [0.15, 0.2) is 11.6 Å². The van der Waals surface area contributed by atoms with Gasteiger partial charge in [0.25, 0.3) is 0 Å². The molecular weight excluding hydrogens is 304 g/mol. The van der Waals surface area contributed by atoms with Gasteiger partial charge in [0.05, 0.1) is 18.3 Å². The molecule has 1 aliphatic rings. The third-order valence-corrected chi connectivity index (χ3v) is 4.39. The van der Waals surface area contributed by atoms with Gasteiger partial charge in [0, 0.05) is 12.5 Å². The molecule has 24 heavy (non-hydrogen) atoms. The summed E-state index contributed by atoms with van der Waals surface area (Å²) in [6, 6.07) is 12.4. The zero-order valence-corrected chi connectivity index (χ0v) is 13.7. The number of benzene rings is 1. The van der Waals surface area contributed by atoms with Gasteiger partial charge < -0.3 is 9.05 Å². The highest BCUT2D eigenvalue weighted by atomic mass is 16.5. The molecule has 0 bridgehead atoms. The molecule has 0 radical (unpaired) electrons. The second-order valence-corrected chi connectivity index (χ2v) is 6.27. The Bertz CT molecular complexity index is 796. The maximum Gasteiger partial charge on any atom is 0.240 e. The normalized spacial score (nSPS) is 18.3. The molecule has 4 rings (SSSR count). The van der Waals surface area contributed by atoms with Crippen molar-refractivity contribution in [3.05, 3.63) is 65.1 Å². The van der Waals surface area contributed by atoms with Gasteiger partial charge in [-0.15, -0.1) is 0 Å². The Morgan fingerprint density at radius 2 is 2.04 bits per heavy atom. The van der Waals surface area contributed by atoms with Crippen LogP contribution in [0, 0.1) is 6.92 Å². The minimum Gasteiger partial charge on any atom is -0.359 e. The summed E-state index contributed by atoms with van der Waals surface area (Å²) in [6.07, 6.45) is 2.89. The molecular formula is C18H20N4O2. The minimum absolute atomic E-state index is 0.246. The topological polar surface area (TPSA) is 68.2 Å². The van der Waals surface area contributed by atoms with Crippen LogP contribution in [0.15, 0.2) is 45.4 Å². The zero-order chi connectivity index (χ0) is 16.4. The summed E-state index contributed by atoms with van der Waals surface area (Å²) in [5.74, 6) is 2.31. The Hall–Kier alpha value is -2.47. The average molecular weight is 324 g/mol. The Kier molecular flexibility index (Phi) is 4.13. The molecule has 1 unspecified atom stereocenters. The molecule has 1 aliphatic heterocycles. The number of rotatable bonds is 5. The lowest BCUT2D eigenvalue weighted by Gasteiger charge is -2.19. The smallest absolute Gasteiger partial charge is 0.240 e.